The molecule has 38 heavy (non-hydrogen) atoms. The molecule has 2 rings (SSSR count). The largest absolute Gasteiger partial charge is 0.385 e. The van der Waals surface area contributed by atoms with E-state index in [1.165, 1.54) is 64.2 Å². The van der Waals surface area contributed by atoms with Crippen LogP contribution in [-0.2, 0) is 24.3 Å². The first-order valence-electron chi connectivity index (χ1n) is 15.7. The zero-order valence-corrected chi connectivity index (χ0v) is 25.1. The minimum Gasteiger partial charge on any atom is -0.385 e. The van der Waals surface area contributed by atoms with E-state index >= 15 is 0 Å². The molecular weight excluding hydrogens is 468 g/mol. The molecule has 0 radical (unpaired) electrons. The fourth-order valence-corrected chi connectivity index (χ4v) is 5.26. The molecule has 0 saturated heterocycles. The van der Waals surface area contributed by atoms with Gasteiger partial charge in [0.15, 0.2) is 24.8 Å². The fourth-order valence-electron chi connectivity index (χ4n) is 5.26. The number of aliphatic hydroxyl groups is 2. The van der Waals surface area contributed by atoms with Crippen molar-refractivity contribution in [2.45, 2.75) is 155 Å². The maximum absolute atomic E-state index is 10.7. The Labute approximate surface area is 234 Å². The summed E-state index contributed by atoms with van der Waals surface area (Å²) in [5.74, 6) is 0. The maximum Gasteiger partial charge on any atom is 0.169 e. The molecule has 0 fully saturated rings. The van der Waals surface area contributed by atoms with Crippen LogP contribution in [0.3, 0.4) is 0 Å². The Morgan fingerprint density at radius 3 is 1.08 bits per heavy atom. The standard InChI is InChI=1S/C34H58N2O2/c1-5-7-23-33(3,37)31-19-27-35(28-20-31)25-17-15-13-11-9-10-12-14-16-18-26-36-29-21-32(22-30-36)34(4,38)24-8-6-2/h19-22,27-30,37-38H,5-18,23-26H2,1-4H3/q+2. The Morgan fingerprint density at radius 1 is 0.500 bits per heavy atom. The van der Waals surface area contributed by atoms with Crippen LogP contribution in [0.5, 0.6) is 0 Å². The van der Waals surface area contributed by atoms with Crippen molar-refractivity contribution in [2.75, 3.05) is 0 Å². The summed E-state index contributed by atoms with van der Waals surface area (Å²) in [5, 5.41) is 21.3. The second-order valence-electron chi connectivity index (χ2n) is 11.9. The lowest BCUT2D eigenvalue weighted by atomic mass is 9.91. The van der Waals surface area contributed by atoms with Crippen molar-refractivity contribution in [3.63, 3.8) is 0 Å². The molecule has 0 bridgehead atoms. The van der Waals surface area contributed by atoms with E-state index < -0.39 is 11.2 Å². The number of unbranched alkanes of at least 4 members (excludes halogenated alkanes) is 11. The van der Waals surface area contributed by atoms with Gasteiger partial charge >= 0.3 is 0 Å². The Kier molecular flexibility index (Phi) is 15.1. The van der Waals surface area contributed by atoms with Crippen LogP contribution in [0.15, 0.2) is 49.1 Å². The van der Waals surface area contributed by atoms with Gasteiger partial charge in [-0.15, -0.1) is 0 Å². The molecule has 4 nitrogen and oxygen atoms in total. The number of nitrogens with zero attached hydrogens (tertiary/aromatic N) is 2. The van der Waals surface area contributed by atoms with Gasteiger partial charge in [0, 0.05) is 37.1 Å². The third-order valence-corrected chi connectivity index (χ3v) is 8.14. The Morgan fingerprint density at radius 2 is 0.789 bits per heavy atom. The molecule has 2 unspecified atom stereocenters. The van der Waals surface area contributed by atoms with Gasteiger partial charge in [0.25, 0.3) is 0 Å². The first kappa shape index (κ1) is 32.4. The predicted octanol–water partition coefficient (Wildman–Crippen LogP) is 7.66. The average Bonchev–Trinajstić information content (AvgIpc) is 2.92. The number of aromatic nitrogens is 2. The normalized spacial score (nSPS) is 14.8. The van der Waals surface area contributed by atoms with Gasteiger partial charge in [-0.3, -0.25) is 0 Å². The third-order valence-electron chi connectivity index (χ3n) is 8.14. The molecule has 2 N–H and O–H groups in total. The molecule has 2 aromatic rings. The highest BCUT2D eigenvalue weighted by Crippen LogP contribution is 2.26. The van der Waals surface area contributed by atoms with Gasteiger partial charge in [0.2, 0.25) is 0 Å². The van der Waals surface area contributed by atoms with Gasteiger partial charge in [-0.05, 0) is 50.7 Å². The summed E-state index contributed by atoms with van der Waals surface area (Å²) in [6.45, 7) is 10.3. The number of hydrogen-bond donors (Lipinski definition) is 2. The molecule has 0 aromatic carbocycles. The van der Waals surface area contributed by atoms with Gasteiger partial charge in [0.1, 0.15) is 13.1 Å². The van der Waals surface area contributed by atoms with E-state index in [1.807, 2.05) is 13.8 Å². The lowest BCUT2D eigenvalue weighted by Gasteiger charge is -2.22. The molecule has 0 aliphatic rings. The monoisotopic (exact) mass is 526 g/mol. The van der Waals surface area contributed by atoms with Crippen molar-refractivity contribution in [1.29, 1.82) is 0 Å². The van der Waals surface area contributed by atoms with Crippen LogP contribution in [0.2, 0.25) is 0 Å². The van der Waals surface area contributed by atoms with Gasteiger partial charge in [0.05, 0.1) is 11.2 Å². The quantitative estimate of drug-likeness (QED) is 0.130. The second kappa shape index (κ2) is 17.7. The summed E-state index contributed by atoms with van der Waals surface area (Å²) in [7, 11) is 0. The summed E-state index contributed by atoms with van der Waals surface area (Å²) in [4.78, 5) is 0. The van der Waals surface area contributed by atoms with Crippen LogP contribution in [0, 0.1) is 0 Å². The van der Waals surface area contributed by atoms with E-state index in [1.54, 1.807) is 0 Å². The molecular formula is C34H58N2O2+2. The van der Waals surface area contributed by atoms with Crippen LogP contribution in [0.25, 0.3) is 0 Å². The van der Waals surface area contributed by atoms with E-state index in [9.17, 15) is 10.2 Å². The molecule has 0 saturated carbocycles. The minimum absolute atomic E-state index is 0.711. The average molecular weight is 527 g/mol. The first-order chi connectivity index (χ1) is 18.3. The first-order valence-corrected chi connectivity index (χ1v) is 15.7. The van der Waals surface area contributed by atoms with Crippen LogP contribution in [0.1, 0.15) is 142 Å². The molecule has 2 heterocycles. The predicted molar refractivity (Wildman–Crippen MR) is 158 cm³/mol. The summed E-state index contributed by atoms with van der Waals surface area (Å²) < 4.78 is 4.51. The van der Waals surface area contributed by atoms with Crippen molar-refractivity contribution in [3.8, 4) is 0 Å². The van der Waals surface area contributed by atoms with Crippen LogP contribution >= 0.6 is 0 Å². The molecule has 0 spiro atoms. The lowest BCUT2D eigenvalue weighted by Crippen LogP contribution is -2.34. The van der Waals surface area contributed by atoms with Crippen molar-refractivity contribution < 1.29 is 19.3 Å². The third kappa shape index (κ3) is 12.4. The van der Waals surface area contributed by atoms with Crippen LogP contribution in [-0.4, -0.2) is 10.2 Å². The highest BCUT2D eigenvalue weighted by Gasteiger charge is 2.24. The van der Waals surface area contributed by atoms with E-state index in [-0.39, 0.29) is 0 Å². The number of pyridine rings is 2. The second-order valence-corrected chi connectivity index (χ2v) is 11.9. The lowest BCUT2D eigenvalue weighted by molar-refractivity contribution is -0.697. The van der Waals surface area contributed by atoms with Gasteiger partial charge in [-0.1, -0.05) is 78.1 Å². The topological polar surface area (TPSA) is 48.2 Å². The number of rotatable bonds is 21. The molecule has 2 aromatic heterocycles. The molecule has 0 amide bonds. The van der Waals surface area contributed by atoms with E-state index in [0.717, 1.165) is 62.7 Å². The SMILES string of the molecule is CCCCC(C)(O)c1cc[n+](CCCCCCCCCCCC[n+]2ccc(C(C)(O)CCCC)cc2)cc1. The number of hydrogen-bond acceptors (Lipinski definition) is 2. The zero-order valence-electron chi connectivity index (χ0n) is 25.1. The Balaban J connectivity index is 1.46. The molecule has 2 atom stereocenters. The van der Waals surface area contributed by atoms with Crippen molar-refractivity contribution in [2.24, 2.45) is 0 Å². The fraction of sp³-hybridized carbons (Fsp3) is 0.706. The molecule has 4 heteroatoms. The van der Waals surface area contributed by atoms with Gasteiger partial charge < -0.3 is 10.2 Å². The van der Waals surface area contributed by atoms with Crippen LogP contribution in [0.4, 0.5) is 0 Å². The van der Waals surface area contributed by atoms with E-state index in [0.29, 0.717) is 0 Å². The number of aryl methyl sites for hydroxylation is 2. The van der Waals surface area contributed by atoms with E-state index in [2.05, 4.69) is 72.0 Å². The summed E-state index contributed by atoms with van der Waals surface area (Å²) in [5.41, 5.74) is 0.640. The summed E-state index contributed by atoms with van der Waals surface area (Å²) in [6.07, 6.45) is 27.7. The maximum atomic E-state index is 10.7. The summed E-state index contributed by atoms with van der Waals surface area (Å²) in [6, 6.07) is 8.35. The van der Waals surface area contributed by atoms with Crippen molar-refractivity contribution in [1.82, 2.24) is 0 Å². The van der Waals surface area contributed by atoms with Gasteiger partial charge in [-0.2, -0.15) is 0 Å². The Hall–Kier alpha value is -1.78. The van der Waals surface area contributed by atoms with Crippen molar-refractivity contribution in [3.05, 3.63) is 60.2 Å². The van der Waals surface area contributed by atoms with Crippen molar-refractivity contribution >= 4 is 0 Å². The highest BCUT2D eigenvalue weighted by atomic mass is 16.3. The zero-order chi connectivity index (χ0) is 27.7. The Bertz CT molecular complexity index is 786. The molecule has 214 valence electrons. The van der Waals surface area contributed by atoms with Crippen LogP contribution < -0.4 is 9.13 Å². The van der Waals surface area contributed by atoms with Gasteiger partial charge in [-0.25, -0.2) is 9.13 Å². The summed E-state index contributed by atoms with van der Waals surface area (Å²) >= 11 is 0. The minimum atomic E-state index is -0.711. The highest BCUT2D eigenvalue weighted by molar-refractivity contribution is 5.16. The molecule has 0 aliphatic heterocycles. The smallest absolute Gasteiger partial charge is 0.169 e. The molecule has 0 aliphatic carbocycles. The van der Waals surface area contributed by atoms with E-state index in [4.69, 9.17) is 0 Å².